The zero-order valence-corrected chi connectivity index (χ0v) is 13.4. The van der Waals surface area contributed by atoms with Gasteiger partial charge in [-0.1, -0.05) is 0 Å². The van der Waals surface area contributed by atoms with Crippen molar-refractivity contribution in [1.82, 2.24) is 19.7 Å². The number of carbonyl (C=O) groups excluding carboxylic acids is 1. The highest BCUT2D eigenvalue weighted by Crippen LogP contribution is 2.36. The molecule has 7 nitrogen and oxygen atoms in total. The van der Waals surface area contributed by atoms with E-state index in [9.17, 15) is 4.79 Å². The highest BCUT2D eigenvalue weighted by atomic mass is 16.5. The lowest BCUT2D eigenvalue weighted by molar-refractivity contribution is -0.134. The van der Waals surface area contributed by atoms with E-state index in [1.807, 2.05) is 9.47 Å². The van der Waals surface area contributed by atoms with Crippen molar-refractivity contribution in [2.24, 2.45) is 11.8 Å². The molecule has 1 spiro atoms. The molecule has 2 aliphatic heterocycles. The van der Waals surface area contributed by atoms with E-state index >= 15 is 0 Å². The van der Waals surface area contributed by atoms with Gasteiger partial charge in [0, 0.05) is 25.4 Å². The average Bonchev–Trinajstić information content (AvgIpc) is 3.11. The normalized spacial score (nSPS) is 31.5. The Hall–Kier alpha value is -1.47. The SMILES string of the molecule is O=C(CC1CC1)N1CCOCC2(CC(Cn3cnnc3)CO2)C1. The third-order valence-electron chi connectivity index (χ3n) is 5.08. The molecule has 3 aliphatic rings. The van der Waals surface area contributed by atoms with Crippen molar-refractivity contribution in [2.75, 3.05) is 32.9 Å². The van der Waals surface area contributed by atoms with Gasteiger partial charge < -0.3 is 18.9 Å². The van der Waals surface area contributed by atoms with Crippen molar-refractivity contribution in [3.05, 3.63) is 12.7 Å². The summed E-state index contributed by atoms with van der Waals surface area (Å²) < 4.78 is 13.9. The number of amides is 1. The molecule has 0 N–H and O–H groups in total. The van der Waals surface area contributed by atoms with E-state index in [1.165, 1.54) is 12.8 Å². The number of hydrogen-bond acceptors (Lipinski definition) is 5. The van der Waals surface area contributed by atoms with Crippen molar-refractivity contribution in [1.29, 1.82) is 0 Å². The molecular weight excluding hydrogens is 296 g/mol. The van der Waals surface area contributed by atoms with Gasteiger partial charge in [-0.3, -0.25) is 4.79 Å². The molecule has 23 heavy (non-hydrogen) atoms. The molecule has 2 atom stereocenters. The van der Waals surface area contributed by atoms with Crippen molar-refractivity contribution < 1.29 is 14.3 Å². The highest BCUT2D eigenvalue weighted by molar-refractivity contribution is 5.76. The molecule has 1 aliphatic carbocycles. The Balaban J connectivity index is 1.39. The van der Waals surface area contributed by atoms with Crippen LogP contribution in [0.4, 0.5) is 0 Å². The van der Waals surface area contributed by atoms with Gasteiger partial charge in [0.25, 0.3) is 0 Å². The van der Waals surface area contributed by atoms with E-state index in [0.29, 0.717) is 51.2 Å². The minimum Gasteiger partial charge on any atom is -0.377 e. The van der Waals surface area contributed by atoms with Gasteiger partial charge in [0.15, 0.2) is 0 Å². The van der Waals surface area contributed by atoms with Crippen LogP contribution >= 0.6 is 0 Å². The number of carbonyl (C=O) groups is 1. The number of nitrogens with zero attached hydrogens (tertiary/aromatic N) is 4. The van der Waals surface area contributed by atoms with Crippen LogP contribution in [0.15, 0.2) is 12.7 Å². The Kier molecular flexibility index (Phi) is 4.07. The van der Waals surface area contributed by atoms with Crippen LogP contribution < -0.4 is 0 Å². The van der Waals surface area contributed by atoms with Gasteiger partial charge in [-0.15, -0.1) is 10.2 Å². The summed E-state index contributed by atoms with van der Waals surface area (Å²) >= 11 is 0. The Morgan fingerprint density at radius 2 is 2.09 bits per heavy atom. The van der Waals surface area contributed by atoms with E-state index in [1.54, 1.807) is 12.7 Å². The monoisotopic (exact) mass is 320 g/mol. The summed E-state index contributed by atoms with van der Waals surface area (Å²) in [5.74, 6) is 1.30. The zero-order chi connectivity index (χ0) is 15.7. The van der Waals surface area contributed by atoms with Crippen LogP contribution in [0.5, 0.6) is 0 Å². The second-order valence-corrected chi connectivity index (χ2v) is 7.24. The predicted octanol–water partition coefficient (Wildman–Crippen LogP) is 0.712. The third kappa shape index (κ3) is 3.55. The summed E-state index contributed by atoms with van der Waals surface area (Å²) in [5.41, 5.74) is -0.339. The number of aromatic nitrogens is 3. The largest absolute Gasteiger partial charge is 0.377 e. The van der Waals surface area contributed by atoms with Crippen LogP contribution in [0.1, 0.15) is 25.7 Å². The van der Waals surface area contributed by atoms with Crippen molar-refractivity contribution in [3.63, 3.8) is 0 Å². The summed E-state index contributed by atoms with van der Waals surface area (Å²) in [6.07, 6.45) is 7.50. The first kappa shape index (κ1) is 15.1. The van der Waals surface area contributed by atoms with Gasteiger partial charge in [0.1, 0.15) is 18.3 Å². The molecule has 3 fully saturated rings. The Morgan fingerprint density at radius 3 is 2.87 bits per heavy atom. The lowest BCUT2D eigenvalue weighted by Gasteiger charge is -2.31. The summed E-state index contributed by atoms with van der Waals surface area (Å²) in [4.78, 5) is 14.4. The molecule has 1 amide bonds. The van der Waals surface area contributed by atoms with Gasteiger partial charge in [0.2, 0.25) is 5.91 Å². The maximum absolute atomic E-state index is 12.5. The summed E-state index contributed by atoms with van der Waals surface area (Å²) in [7, 11) is 0. The molecule has 1 aromatic rings. The highest BCUT2D eigenvalue weighted by Gasteiger charge is 2.44. The van der Waals surface area contributed by atoms with Crippen LogP contribution in [0.2, 0.25) is 0 Å². The molecule has 2 saturated heterocycles. The zero-order valence-electron chi connectivity index (χ0n) is 13.4. The smallest absolute Gasteiger partial charge is 0.223 e. The van der Waals surface area contributed by atoms with Crippen LogP contribution in [-0.2, 0) is 20.8 Å². The molecule has 1 saturated carbocycles. The minimum absolute atomic E-state index is 0.267. The van der Waals surface area contributed by atoms with Crippen molar-refractivity contribution in [3.8, 4) is 0 Å². The molecule has 0 aromatic carbocycles. The second kappa shape index (κ2) is 6.20. The molecule has 126 valence electrons. The predicted molar refractivity (Wildman–Crippen MR) is 81.6 cm³/mol. The summed E-state index contributed by atoms with van der Waals surface area (Å²) in [5, 5.41) is 7.69. The maximum Gasteiger partial charge on any atom is 0.223 e. The fourth-order valence-electron chi connectivity index (χ4n) is 3.70. The van der Waals surface area contributed by atoms with Crippen LogP contribution in [0, 0.1) is 11.8 Å². The van der Waals surface area contributed by atoms with Crippen LogP contribution in [0.25, 0.3) is 0 Å². The maximum atomic E-state index is 12.5. The van der Waals surface area contributed by atoms with Gasteiger partial charge in [-0.25, -0.2) is 0 Å². The van der Waals surface area contributed by atoms with E-state index in [-0.39, 0.29) is 11.5 Å². The van der Waals surface area contributed by atoms with Gasteiger partial charge in [-0.05, 0) is 25.2 Å². The topological polar surface area (TPSA) is 69.5 Å². The van der Waals surface area contributed by atoms with Crippen molar-refractivity contribution in [2.45, 2.75) is 37.8 Å². The quantitative estimate of drug-likeness (QED) is 0.817. The summed E-state index contributed by atoms with van der Waals surface area (Å²) in [6, 6.07) is 0. The fraction of sp³-hybridized carbons (Fsp3) is 0.812. The molecule has 4 rings (SSSR count). The number of ether oxygens (including phenoxy) is 2. The minimum atomic E-state index is -0.339. The van der Waals surface area contributed by atoms with E-state index in [4.69, 9.17) is 9.47 Å². The van der Waals surface area contributed by atoms with E-state index in [0.717, 1.165) is 13.0 Å². The Labute approximate surface area is 135 Å². The molecule has 7 heteroatoms. The van der Waals surface area contributed by atoms with E-state index in [2.05, 4.69) is 10.2 Å². The number of rotatable bonds is 4. The Morgan fingerprint density at radius 1 is 1.26 bits per heavy atom. The first-order valence-corrected chi connectivity index (χ1v) is 8.54. The lowest BCUT2D eigenvalue weighted by atomic mass is 9.94. The molecule has 0 bridgehead atoms. The standard InChI is InChI=1S/C16H24N4O3/c21-15(5-13-1-2-13)20-3-4-22-10-16(9-20)6-14(8-23-16)7-19-11-17-18-12-19/h11-14H,1-10H2. The van der Waals surface area contributed by atoms with Gasteiger partial charge in [-0.2, -0.15) is 0 Å². The first-order chi connectivity index (χ1) is 11.2. The van der Waals surface area contributed by atoms with Crippen molar-refractivity contribution >= 4 is 5.91 Å². The Bertz CT molecular complexity index is 546. The second-order valence-electron chi connectivity index (χ2n) is 7.24. The molecule has 1 aromatic heterocycles. The molecule has 0 radical (unpaired) electrons. The lowest BCUT2D eigenvalue weighted by Crippen LogP contribution is -2.46. The first-order valence-electron chi connectivity index (χ1n) is 8.54. The van der Waals surface area contributed by atoms with Gasteiger partial charge in [0.05, 0.1) is 26.4 Å². The summed E-state index contributed by atoms with van der Waals surface area (Å²) in [6.45, 7) is 4.09. The van der Waals surface area contributed by atoms with Crippen LogP contribution in [-0.4, -0.2) is 64.1 Å². The number of hydrogen-bond donors (Lipinski definition) is 0. The molecule has 3 heterocycles. The fourth-order valence-corrected chi connectivity index (χ4v) is 3.70. The van der Waals surface area contributed by atoms with Gasteiger partial charge >= 0.3 is 0 Å². The average molecular weight is 320 g/mol. The van der Waals surface area contributed by atoms with Crippen LogP contribution in [0.3, 0.4) is 0 Å². The van der Waals surface area contributed by atoms with E-state index < -0.39 is 0 Å². The third-order valence-corrected chi connectivity index (χ3v) is 5.08. The molecule has 2 unspecified atom stereocenters. The molecular formula is C16H24N4O3.